The minimum Gasteiger partial charge on any atom is -0.307 e. The summed E-state index contributed by atoms with van der Waals surface area (Å²) in [5.41, 5.74) is 1.42. The van der Waals surface area contributed by atoms with Gasteiger partial charge in [0.15, 0.2) is 0 Å². The maximum atomic E-state index is 3.83. The minimum atomic E-state index is 0.505. The van der Waals surface area contributed by atoms with Gasteiger partial charge in [-0.3, -0.25) is 0 Å². The van der Waals surface area contributed by atoms with Crippen LogP contribution in [0.4, 0.5) is 0 Å². The lowest BCUT2D eigenvalue weighted by Crippen LogP contribution is -2.35. The monoisotopic (exact) mass is 215 g/mol. The van der Waals surface area contributed by atoms with Crippen LogP contribution in [0, 0.1) is 11.8 Å². The van der Waals surface area contributed by atoms with E-state index in [0.29, 0.717) is 6.04 Å². The van der Waals surface area contributed by atoms with E-state index in [9.17, 15) is 0 Å². The highest BCUT2D eigenvalue weighted by Crippen LogP contribution is 2.45. The molecule has 3 unspecified atom stereocenters. The fraction of sp³-hybridized carbons (Fsp3) is 0.600. The average Bonchev–Trinajstić information content (AvgIpc) is 2.92. The molecule has 1 N–H and O–H groups in total. The Balaban J connectivity index is 1.63. The van der Waals surface area contributed by atoms with E-state index < -0.39 is 0 Å². The summed E-state index contributed by atoms with van der Waals surface area (Å²) < 4.78 is 0. The van der Waals surface area contributed by atoms with Gasteiger partial charge in [0.1, 0.15) is 0 Å². The fourth-order valence-corrected chi connectivity index (χ4v) is 3.61. The van der Waals surface area contributed by atoms with Crippen LogP contribution in [0.3, 0.4) is 0 Å². The number of nitrogens with one attached hydrogen (secondary N) is 1. The number of hydrogen-bond acceptors (Lipinski definition) is 1. The SMILES string of the molecule is C[C@@H](NC1CC2CCC1C2)c1ccccc1. The maximum Gasteiger partial charge on any atom is 0.0294 e. The summed E-state index contributed by atoms with van der Waals surface area (Å²) in [5.74, 6) is 2.00. The van der Waals surface area contributed by atoms with Crippen molar-refractivity contribution < 1.29 is 0 Å². The summed E-state index contributed by atoms with van der Waals surface area (Å²) in [4.78, 5) is 0. The molecule has 3 rings (SSSR count). The molecule has 2 aliphatic rings. The molecule has 0 radical (unpaired) electrons. The molecule has 1 aromatic carbocycles. The zero-order chi connectivity index (χ0) is 11.0. The Morgan fingerprint density at radius 3 is 2.56 bits per heavy atom. The van der Waals surface area contributed by atoms with Gasteiger partial charge in [0, 0.05) is 12.1 Å². The van der Waals surface area contributed by atoms with Crippen LogP contribution in [0.25, 0.3) is 0 Å². The molecular formula is C15H21N. The van der Waals surface area contributed by atoms with Gasteiger partial charge in [0.25, 0.3) is 0 Å². The van der Waals surface area contributed by atoms with Crippen LogP contribution in [0.2, 0.25) is 0 Å². The van der Waals surface area contributed by atoms with E-state index in [0.717, 1.165) is 17.9 Å². The first-order valence-electron chi connectivity index (χ1n) is 6.64. The van der Waals surface area contributed by atoms with E-state index in [2.05, 4.69) is 42.6 Å². The Morgan fingerprint density at radius 2 is 1.94 bits per heavy atom. The summed E-state index contributed by atoms with van der Waals surface area (Å²) in [6.45, 7) is 2.29. The predicted molar refractivity (Wildman–Crippen MR) is 67.2 cm³/mol. The summed E-state index contributed by atoms with van der Waals surface area (Å²) in [6, 6.07) is 12.1. The van der Waals surface area contributed by atoms with E-state index in [-0.39, 0.29) is 0 Å². The second-order valence-corrected chi connectivity index (χ2v) is 5.58. The third kappa shape index (κ3) is 1.89. The van der Waals surface area contributed by atoms with Gasteiger partial charge in [0.2, 0.25) is 0 Å². The van der Waals surface area contributed by atoms with Gasteiger partial charge < -0.3 is 5.32 Å². The molecule has 0 heterocycles. The van der Waals surface area contributed by atoms with Gasteiger partial charge in [-0.25, -0.2) is 0 Å². The van der Waals surface area contributed by atoms with E-state index in [1.54, 1.807) is 0 Å². The largest absolute Gasteiger partial charge is 0.307 e. The molecule has 16 heavy (non-hydrogen) atoms. The second-order valence-electron chi connectivity index (χ2n) is 5.58. The standard InChI is InChI=1S/C15H21N/c1-11(13-5-3-2-4-6-13)16-15-10-12-7-8-14(15)9-12/h2-6,11-12,14-16H,7-10H2,1H3/t11-,12?,14?,15?/m1/s1. The number of fused-ring (bicyclic) bond motifs is 2. The van der Waals surface area contributed by atoms with Crippen molar-refractivity contribution in [2.45, 2.75) is 44.7 Å². The third-order valence-electron chi connectivity index (χ3n) is 4.50. The molecule has 2 aliphatic carbocycles. The molecule has 1 nitrogen and oxygen atoms in total. The zero-order valence-electron chi connectivity index (χ0n) is 10.0. The van der Waals surface area contributed by atoms with Gasteiger partial charge in [0.05, 0.1) is 0 Å². The molecule has 2 fully saturated rings. The highest BCUT2D eigenvalue weighted by Gasteiger charge is 2.39. The van der Waals surface area contributed by atoms with E-state index in [4.69, 9.17) is 0 Å². The van der Waals surface area contributed by atoms with Gasteiger partial charge >= 0.3 is 0 Å². The maximum absolute atomic E-state index is 3.83. The lowest BCUT2D eigenvalue weighted by molar-refractivity contribution is 0.327. The molecule has 2 saturated carbocycles. The fourth-order valence-electron chi connectivity index (χ4n) is 3.61. The molecule has 1 heteroatoms. The molecule has 0 saturated heterocycles. The second kappa shape index (κ2) is 4.21. The van der Waals surface area contributed by atoms with E-state index in [1.165, 1.54) is 31.2 Å². The molecule has 86 valence electrons. The van der Waals surface area contributed by atoms with Crippen LogP contribution >= 0.6 is 0 Å². The van der Waals surface area contributed by atoms with Crippen LogP contribution in [0.15, 0.2) is 30.3 Å². The van der Waals surface area contributed by atoms with Gasteiger partial charge in [-0.2, -0.15) is 0 Å². The van der Waals surface area contributed by atoms with Crippen molar-refractivity contribution in [3.63, 3.8) is 0 Å². The zero-order valence-corrected chi connectivity index (χ0v) is 10.0. The Morgan fingerprint density at radius 1 is 1.12 bits per heavy atom. The van der Waals surface area contributed by atoms with Crippen molar-refractivity contribution in [3.05, 3.63) is 35.9 Å². The minimum absolute atomic E-state index is 0.505. The summed E-state index contributed by atoms with van der Waals surface area (Å²) >= 11 is 0. The smallest absolute Gasteiger partial charge is 0.0294 e. The van der Waals surface area contributed by atoms with Crippen molar-refractivity contribution in [2.75, 3.05) is 0 Å². The molecule has 0 aromatic heterocycles. The van der Waals surface area contributed by atoms with E-state index >= 15 is 0 Å². The first kappa shape index (κ1) is 10.3. The lowest BCUT2D eigenvalue weighted by Gasteiger charge is -2.27. The van der Waals surface area contributed by atoms with Crippen molar-refractivity contribution in [2.24, 2.45) is 11.8 Å². The molecule has 4 atom stereocenters. The first-order valence-corrected chi connectivity index (χ1v) is 6.64. The quantitative estimate of drug-likeness (QED) is 0.813. The Bertz CT molecular complexity index is 346. The van der Waals surface area contributed by atoms with Crippen molar-refractivity contribution in [1.82, 2.24) is 5.32 Å². The van der Waals surface area contributed by atoms with Crippen molar-refractivity contribution in [1.29, 1.82) is 0 Å². The topological polar surface area (TPSA) is 12.0 Å². The highest BCUT2D eigenvalue weighted by atomic mass is 15.0. The van der Waals surface area contributed by atoms with Crippen molar-refractivity contribution in [3.8, 4) is 0 Å². The Hall–Kier alpha value is -0.820. The molecule has 0 spiro atoms. The first-order chi connectivity index (χ1) is 7.83. The van der Waals surface area contributed by atoms with Crippen LogP contribution < -0.4 is 5.32 Å². The average molecular weight is 215 g/mol. The molecule has 1 aromatic rings. The molecule has 0 aliphatic heterocycles. The van der Waals surface area contributed by atoms with Gasteiger partial charge in [-0.05, 0) is 43.6 Å². The highest BCUT2D eigenvalue weighted by molar-refractivity contribution is 5.18. The Labute approximate surface area is 98.3 Å². The van der Waals surface area contributed by atoms with Gasteiger partial charge in [-0.15, -0.1) is 0 Å². The number of rotatable bonds is 3. The predicted octanol–water partition coefficient (Wildman–Crippen LogP) is 3.53. The van der Waals surface area contributed by atoms with Crippen LogP contribution in [-0.2, 0) is 0 Å². The molecule has 0 amide bonds. The molecular weight excluding hydrogens is 194 g/mol. The van der Waals surface area contributed by atoms with Crippen LogP contribution in [-0.4, -0.2) is 6.04 Å². The van der Waals surface area contributed by atoms with Crippen molar-refractivity contribution >= 4 is 0 Å². The summed E-state index contributed by atoms with van der Waals surface area (Å²) in [6.07, 6.45) is 5.85. The third-order valence-corrected chi connectivity index (χ3v) is 4.50. The van der Waals surface area contributed by atoms with Crippen LogP contribution in [0.1, 0.15) is 44.2 Å². The summed E-state index contributed by atoms with van der Waals surface area (Å²) in [7, 11) is 0. The van der Waals surface area contributed by atoms with Gasteiger partial charge in [-0.1, -0.05) is 36.8 Å². The lowest BCUT2D eigenvalue weighted by atomic mass is 9.94. The Kier molecular flexibility index (Phi) is 2.72. The van der Waals surface area contributed by atoms with E-state index in [1.807, 2.05) is 0 Å². The number of benzene rings is 1. The molecule has 2 bridgehead atoms. The normalized spacial score (nSPS) is 34.2. The number of hydrogen-bond donors (Lipinski definition) is 1. The van der Waals surface area contributed by atoms with Crippen LogP contribution in [0.5, 0.6) is 0 Å². The summed E-state index contributed by atoms with van der Waals surface area (Å²) in [5, 5.41) is 3.83.